The van der Waals surface area contributed by atoms with Gasteiger partial charge >= 0.3 is 6.09 Å². The zero-order valence-electron chi connectivity index (χ0n) is 11.9. The largest absolute Gasteiger partial charge is 0.444 e. The maximum atomic E-state index is 13.8. The minimum atomic E-state index is -0.488. The van der Waals surface area contributed by atoms with Crippen LogP contribution in [-0.2, 0) is 4.74 Å². The van der Waals surface area contributed by atoms with Gasteiger partial charge in [0.1, 0.15) is 5.60 Å². The van der Waals surface area contributed by atoms with Crippen LogP contribution in [0.1, 0.15) is 39.7 Å². The summed E-state index contributed by atoms with van der Waals surface area (Å²) in [5.74, 6) is -0.290. The van der Waals surface area contributed by atoms with Crippen LogP contribution in [-0.4, -0.2) is 39.5 Å². The Labute approximate surface area is 131 Å². The second-order valence-corrected chi connectivity index (χ2v) is 7.09. The molecule has 0 radical (unpaired) electrons. The maximum absolute atomic E-state index is 13.8. The molecule has 2 heterocycles. The highest BCUT2D eigenvalue weighted by Gasteiger charge is 2.29. The first-order valence-electron chi connectivity index (χ1n) is 6.64. The number of ether oxygens (including phenoxy) is 1. The summed E-state index contributed by atoms with van der Waals surface area (Å²) in [5, 5.41) is 4.07. The molecule has 0 atom stereocenters. The summed E-state index contributed by atoms with van der Waals surface area (Å²) in [6.45, 7) is 6.67. The van der Waals surface area contributed by atoms with Crippen LogP contribution in [0.25, 0.3) is 0 Å². The number of hydrogen-bond donors (Lipinski definition) is 0. The summed E-state index contributed by atoms with van der Waals surface area (Å²) in [4.78, 5) is 13.6. The van der Waals surface area contributed by atoms with Crippen molar-refractivity contribution < 1.29 is 13.9 Å². The second-order valence-electron chi connectivity index (χ2n) is 5.93. The van der Waals surface area contributed by atoms with Crippen molar-refractivity contribution in [3.8, 4) is 0 Å². The Balaban J connectivity index is 1.93. The van der Waals surface area contributed by atoms with Gasteiger partial charge in [-0.15, -0.1) is 0 Å². The van der Waals surface area contributed by atoms with E-state index in [2.05, 4.69) is 5.10 Å². The van der Waals surface area contributed by atoms with E-state index in [1.165, 1.54) is 10.9 Å². The fourth-order valence-electron chi connectivity index (χ4n) is 2.20. The molecule has 1 aromatic heterocycles. The molecule has 7 heteroatoms. The first-order chi connectivity index (χ1) is 9.28. The fraction of sp³-hybridized carbons (Fsp3) is 0.692. The zero-order valence-corrected chi connectivity index (χ0v) is 14.1. The van der Waals surface area contributed by atoms with Gasteiger partial charge in [-0.2, -0.15) is 9.49 Å². The van der Waals surface area contributed by atoms with Crippen LogP contribution in [0.2, 0.25) is 0 Å². The Hall–Kier alpha value is -0.860. The van der Waals surface area contributed by atoms with Crippen LogP contribution in [0.3, 0.4) is 0 Å². The number of carbonyl (C=O) groups excluding carboxylic acids is 1. The van der Waals surface area contributed by atoms with Gasteiger partial charge < -0.3 is 9.64 Å². The predicted octanol–water partition coefficient (Wildman–Crippen LogP) is 3.20. The molecule has 0 aromatic carbocycles. The van der Waals surface area contributed by atoms with Crippen molar-refractivity contribution >= 4 is 28.7 Å². The number of aromatic nitrogens is 2. The third kappa shape index (κ3) is 3.62. The Bertz CT molecular complexity index is 490. The molecule has 0 unspecified atom stereocenters. The number of carbonyl (C=O) groups is 1. The number of hydrogen-bond acceptors (Lipinski definition) is 3. The lowest BCUT2D eigenvalue weighted by molar-refractivity contribution is 0.0181. The Morgan fingerprint density at radius 2 is 2.05 bits per heavy atom. The first-order valence-corrected chi connectivity index (χ1v) is 7.72. The van der Waals surface area contributed by atoms with Crippen LogP contribution >= 0.6 is 22.6 Å². The van der Waals surface area contributed by atoms with Gasteiger partial charge in [0, 0.05) is 13.1 Å². The summed E-state index contributed by atoms with van der Waals surface area (Å²) < 4.78 is 21.1. The lowest BCUT2D eigenvalue weighted by Crippen LogP contribution is -2.42. The fourth-order valence-corrected chi connectivity index (χ4v) is 2.57. The molecule has 0 aliphatic carbocycles. The van der Waals surface area contributed by atoms with Gasteiger partial charge in [-0.3, -0.25) is 0 Å². The van der Waals surface area contributed by atoms with Crippen molar-refractivity contribution in [2.24, 2.45) is 0 Å². The standard InChI is InChI=1S/C13H19FIN3O2/c1-13(2,3)20-12(19)17-6-4-9(5-7-17)18-11(14)10(15)8-16-18/h8-9H,4-7H2,1-3H3. The van der Waals surface area contributed by atoms with Crippen molar-refractivity contribution in [1.82, 2.24) is 14.7 Å². The number of nitrogens with zero attached hydrogens (tertiary/aromatic N) is 3. The number of rotatable bonds is 1. The summed E-state index contributed by atoms with van der Waals surface area (Å²) in [7, 11) is 0. The van der Waals surface area contributed by atoms with Crippen molar-refractivity contribution in [3.05, 3.63) is 15.7 Å². The van der Waals surface area contributed by atoms with Crippen LogP contribution < -0.4 is 0 Å². The van der Waals surface area contributed by atoms with Gasteiger partial charge in [0.2, 0.25) is 5.95 Å². The van der Waals surface area contributed by atoms with E-state index < -0.39 is 5.60 Å². The molecule has 112 valence electrons. The third-order valence-electron chi connectivity index (χ3n) is 3.16. The van der Waals surface area contributed by atoms with Gasteiger partial charge in [-0.25, -0.2) is 9.48 Å². The minimum absolute atomic E-state index is 0.0113. The van der Waals surface area contributed by atoms with E-state index in [0.717, 1.165) is 0 Å². The number of piperidine rings is 1. The van der Waals surface area contributed by atoms with Crippen molar-refractivity contribution in [2.75, 3.05) is 13.1 Å². The highest BCUT2D eigenvalue weighted by Crippen LogP contribution is 2.25. The smallest absolute Gasteiger partial charge is 0.410 e. The summed E-state index contributed by atoms with van der Waals surface area (Å²) in [5.41, 5.74) is -0.488. The van der Waals surface area contributed by atoms with Gasteiger partial charge in [0.15, 0.2) is 0 Å². The highest BCUT2D eigenvalue weighted by molar-refractivity contribution is 14.1. The van der Waals surface area contributed by atoms with Crippen LogP contribution in [0, 0.1) is 9.52 Å². The zero-order chi connectivity index (χ0) is 14.9. The molecular weight excluding hydrogens is 376 g/mol. The third-order valence-corrected chi connectivity index (χ3v) is 3.88. The van der Waals surface area contributed by atoms with E-state index in [4.69, 9.17) is 4.74 Å². The van der Waals surface area contributed by atoms with Crippen molar-refractivity contribution in [2.45, 2.75) is 45.3 Å². The molecule has 20 heavy (non-hydrogen) atoms. The number of likely N-dealkylation sites (tertiary alicyclic amines) is 1. The SMILES string of the molecule is CC(C)(C)OC(=O)N1CCC(n2ncc(I)c2F)CC1. The Morgan fingerprint density at radius 3 is 2.50 bits per heavy atom. The molecule has 1 saturated heterocycles. The predicted molar refractivity (Wildman–Crippen MR) is 81.0 cm³/mol. The Kier molecular flexibility index (Phi) is 4.55. The van der Waals surface area contributed by atoms with Gasteiger partial charge in [-0.05, 0) is 56.2 Å². The Morgan fingerprint density at radius 1 is 1.45 bits per heavy atom. The molecule has 1 aliphatic rings. The van der Waals surface area contributed by atoms with E-state index in [1.807, 2.05) is 43.4 Å². The number of amides is 1. The van der Waals surface area contributed by atoms with Gasteiger partial charge in [0.05, 0.1) is 15.8 Å². The van der Waals surface area contributed by atoms with E-state index in [0.29, 0.717) is 29.5 Å². The van der Waals surface area contributed by atoms with Crippen molar-refractivity contribution in [1.29, 1.82) is 0 Å². The average molecular weight is 395 g/mol. The molecule has 2 rings (SSSR count). The minimum Gasteiger partial charge on any atom is -0.444 e. The lowest BCUT2D eigenvalue weighted by Gasteiger charge is -2.33. The quantitative estimate of drug-likeness (QED) is 0.687. The summed E-state index contributed by atoms with van der Waals surface area (Å²) in [6.07, 6.45) is 2.60. The summed E-state index contributed by atoms with van der Waals surface area (Å²) in [6, 6.07) is 0.0113. The highest BCUT2D eigenvalue weighted by atomic mass is 127. The van der Waals surface area contributed by atoms with Crippen LogP contribution in [0.4, 0.5) is 9.18 Å². The van der Waals surface area contributed by atoms with E-state index in [1.54, 1.807) is 4.90 Å². The topological polar surface area (TPSA) is 47.4 Å². The van der Waals surface area contributed by atoms with E-state index >= 15 is 0 Å². The van der Waals surface area contributed by atoms with E-state index in [9.17, 15) is 9.18 Å². The molecule has 1 amide bonds. The monoisotopic (exact) mass is 395 g/mol. The molecule has 0 saturated carbocycles. The molecule has 0 N–H and O–H groups in total. The molecular formula is C13H19FIN3O2. The molecule has 1 fully saturated rings. The van der Waals surface area contributed by atoms with Crippen molar-refractivity contribution in [3.63, 3.8) is 0 Å². The maximum Gasteiger partial charge on any atom is 0.410 e. The number of halogens is 2. The molecule has 0 bridgehead atoms. The van der Waals surface area contributed by atoms with Gasteiger partial charge in [0.25, 0.3) is 0 Å². The second kappa shape index (κ2) is 5.87. The van der Waals surface area contributed by atoms with Crippen LogP contribution in [0.5, 0.6) is 0 Å². The summed E-state index contributed by atoms with van der Waals surface area (Å²) >= 11 is 1.93. The first kappa shape index (κ1) is 15.5. The lowest BCUT2D eigenvalue weighted by atomic mass is 10.1. The normalized spacial score (nSPS) is 17.4. The molecule has 0 spiro atoms. The molecule has 1 aliphatic heterocycles. The van der Waals surface area contributed by atoms with Crippen LogP contribution in [0.15, 0.2) is 6.20 Å². The molecule has 5 nitrogen and oxygen atoms in total. The van der Waals surface area contributed by atoms with E-state index in [-0.39, 0.29) is 18.1 Å². The van der Waals surface area contributed by atoms with Gasteiger partial charge in [-0.1, -0.05) is 0 Å². The molecule has 1 aromatic rings. The average Bonchev–Trinajstić information content (AvgIpc) is 2.68.